The fourth-order valence-corrected chi connectivity index (χ4v) is 6.73. The highest BCUT2D eigenvalue weighted by molar-refractivity contribution is 6.35. The molecular formula is C32H39ClN4O4. The van der Waals surface area contributed by atoms with Crippen LogP contribution in [0.15, 0.2) is 53.1 Å². The van der Waals surface area contributed by atoms with Crippen LogP contribution in [0.3, 0.4) is 0 Å². The van der Waals surface area contributed by atoms with Crippen LogP contribution in [0.1, 0.15) is 42.7 Å². The lowest BCUT2D eigenvalue weighted by atomic mass is 9.88. The van der Waals surface area contributed by atoms with Crippen LogP contribution in [0.25, 0.3) is 21.9 Å². The van der Waals surface area contributed by atoms with Gasteiger partial charge in [0.2, 0.25) is 0 Å². The minimum atomic E-state index is -0.190. The number of nitrogens with zero attached hydrogens (tertiary/aromatic N) is 2. The Labute approximate surface area is 245 Å². The maximum Gasteiger partial charge on any atom is 0.267 e. The maximum atomic E-state index is 13.2. The third-order valence-corrected chi connectivity index (χ3v) is 9.11. The van der Waals surface area contributed by atoms with E-state index in [2.05, 4.69) is 33.9 Å². The van der Waals surface area contributed by atoms with Crippen molar-refractivity contribution in [2.75, 3.05) is 39.3 Å². The quantitative estimate of drug-likeness (QED) is 0.263. The molecule has 218 valence electrons. The number of amides is 1. The van der Waals surface area contributed by atoms with Gasteiger partial charge in [-0.15, -0.1) is 0 Å². The predicted octanol–water partition coefficient (Wildman–Crippen LogP) is 5.29. The Morgan fingerprint density at radius 3 is 2.61 bits per heavy atom. The normalized spacial score (nSPS) is 22.9. The van der Waals surface area contributed by atoms with Crippen LogP contribution in [-0.2, 0) is 6.61 Å². The summed E-state index contributed by atoms with van der Waals surface area (Å²) in [5, 5.41) is 15.8. The Morgan fingerprint density at radius 1 is 1.10 bits per heavy atom. The van der Waals surface area contributed by atoms with E-state index < -0.39 is 0 Å². The molecule has 2 aliphatic heterocycles. The first-order valence-corrected chi connectivity index (χ1v) is 15.1. The van der Waals surface area contributed by atoms with Gasteiger partial charge in [0.15, 0.2) is 0 Å². The van der Waals surface area contributed by atoms with E-state index in [0.717, 1.165) is 79.5 Å². The smallest absolute Gasteiger partial charge is 0.267 e. The number of carbonyl (C=O) groups is 1. The number of H-pyrrole nitrogens is 1. The lowest BCUT2D eigenvalue weighted by Crippen LogP contribution is -2.50. The van der Waals surface area contributed by atoms with Gasteiger partial charge < -0.3 is 34.4 Å². The second-order valence-corrected chi connectivity index (χ2v) is 12.3. The van der Waals surface area contributed by atoms with Crippen molar-refractivity contribution in [2.45, 2.75) is 45.4 Å². The molecule has 41 heavy (non-hydrogen) atoms. The summed E-state index contributed by atoms with van der Waals surface area (Å²) in [5.41, 5.74) is 2.99. The lowest BCUT2D eigenvalue weighted by molar-refractivity contribution is -0.0109. The average Bonchev–Trinajstić information content (AvgIpc) is 3.60. The fraction of sp³-hybridized carbons (Fsp3) is 0.469. The lowest BCUT2D eigenvalue weighted by Gasteiger charge is -2.40. The van der Waals surface area contributed by atoms with Gasteiger partial charge in [0.25, 0.3) is 5.91 Å². The largest absolute Gasteiger partial charge is 0.488 e. The van der Waals surface area contributed by atoms with Crippen LogP contribution in [0.4, 0.5) is 0 Å². The number of fused-ring (bicyclic) bond motifs is 2. The van der Waals surface area contributed by atoms with Gasteiger partial charge in [-0.25, -0.2) is 0 Å². The number of halogens is 1. The number of piperidine rings is 2. The Morgan fingerprint density at radius 2 is 1.83 bits per heavy atom. The van der Waals surface area contributed by atoms with Crippen LogP contribution in [-0.4, -0.2) is 77.2 Å². The molecule has 8 nitrogen and oxygen atoms in total. The zero-order valence-corrected chi connectivity index (χ0v) is 24.5. The summed E-state index contributed by atoms with van der Waals surface area (Å²) in [6, 6.07) is 13.4. The second kappa shape index (κ2) is 12.1. The number of aliphatic hydroxyl groups excluding tert-OH is 1. The monoisotopic (exact) mass is 578 g/mol. The topological polar surface area (TPSA) is 94.0 Å². The zero-order chi connectivity index (χ0) is 28.5. The molecule has 0 radical (unpaired) electrons. The molecule has 1 amide bonds. The standard InChI is InChI=1S/C32H39ClN4O4/c1-20-16-37(17-21(2)31(20)38)14-13-36-11-9-23(10-12-36)34-32(39)27-15-24-26(35-27)6-4-7-28(24)40-18-22-19-41-29-8-3-5-25(33)30(22)29/h3-8,15,19-21,23,31,35,38H,9-14,16-18H2,1-2H3,(H,34,39)/t20-,21+,31+. The van der Waals surface area contributed by atoms with Gasteiger partial charge >= 0.3 is 0 Å². The molecule has 4 heterocycles. The van der Waals surface area contributed by atoms with E-state index in [1.807, 2.05) is 42.5 Å². The van der Waals surface area contributed by atoms with E-state index >= 15 is 0 Å². The number of furan rings is 1. The van der Waals surface area contributed by atoms with E-state index in [1.165, 1.54) is 0 Å². The molecule has 2 aromatic carbocycles. The molecule has 3 atom stereocenters. The number of aliphatic hydroxyl groups is 1. The number of ether oxygens (including phenoxy) is 1. The summed E-state index contributed by atoms with van der Waals surface area (Å²) in [7, 11) is 0. The summed E-state index contributed by atoms with van der Waals surface area (Å²) < 4.78 is 11.8. The first kappa shape index (κ1) is 28.1. The van der Waals surface area contributed by atoms with Gasteiger partial charge in [-0.1, -0.05) is 37.6 Å². The van der Waals surface area contributed by atoms with Crippen LogP contribution in [0.5, 0.6) is 5.75 Å². The Kier molecular flexibility index (Phi) is 8.26. The van der Waals surface area contributed by atoms with Crippen LogP contribution in [0, 0.1) is 11.8 Å². The summed E-state index contributed by atoms with van der Waals surface area (Å²) in [6.07, 6.45) is 3.36. The zero-order valence-electron chi connectivity index (χ0n) is 23.7. The number of aromatic nitrogens is 1. The average molecular weight is 579 g/mol. The molecule has 4 aromatic rings. The van der Waals surface area contributed by atoms with E-state index in [4.69, 9.17) is 20.8 Å². The molecule has 6 rings (SSSR count). The number of hydrogen-bond donors (Lipinski definition) is 3. The molecule has 0 saturated carbocycles. The van der Waals surface area contributed by atoms with Crippen molar-refractivity contribution in [3.63, 3.8) is 0 Å². The third-order valence-electron chi connectivity index (χ3n) is 8.79. The van der Waals surface area contributed by atoms with Gasteiger partial charge in [0.1, 0.15) is 23.6 Å². The van der Waals surface area contributed by atoms with Crippen LogP contribution >= 0.6 is 11.6 Å². The number of benzene rings is 2. The van der Waals surface area contributed by atoms with Gasteiger partial charge in [0.05, 0.1) is 17.4 Å². The molecule has 9 heteroatoms. The molecule has 2 aliphatic rings. The van der Waals surface area contributed by atoms with Crippen molar-refractivity contribution in [1.29, 1.82) is 0 Å². The van der Waals surface area contributed by atoms with E-state index in [1.54, 1.807) is 6.26 Å². The molecule has 2 aromatic heterocycles. The summed E-state index contributed by atoms with van der Waals surface area (Å²) in [4.78, 5) is 21.4. The second-order valence-electron chi connectivity index (χ2n) is 11.9. The minimum Gasteiger partial charge on any atom is -0.488 e. The molecule has 0 bridgehead atoms. The molecule has 2 fully saturated rings. The van der Waals surface area contributed by atoms with Gasteiger partial charge in [0, 0.05) is 67.2 Å². The van der Waals surface area contributed by atoms with Crippen molar-refractivity contribution in [3.8, 4) is 5.75 Å². The highest BCUT2D eigenvalue weighted by Crippen LogP contribution is 2.32. The summed E-state index contributed by atoms with van der Waals surface area (Å²) in [5.74, 6) is 1.25. The van der Waals surface area contributed by atoms with Crippen molar-refractivity contribution in [2.24, 2.45) is 11.8 Å². The third kappa shape index (κ3) is 6.11. The Bertz CT molecular complexity index is 1500. The van der Waals surface area contributed by atoms with Crippen LogP contribution in [0.2, 0.25) is 5.02 Å². The van der Waals surface area contributed by atoms with E-state index in [-0.39, 0.29) is 18.1 Å². The highest BCUT2D eigenvalue weighted by Gasteiger charge is 2.30. The van der Waals surface area contributed by atoms with Crippen molar-refractivity contribution >= 4 is 39.4 Å². The molecule has 0 spiro atoms. The minimum absolute atomic E-state index is 0.0898. The molecule has 0 aliphatic carbocycles. The number of likely N-dealkylation sites (tertiary alicyclic amines) is 2. The van der Waals surface area contributed by atoms with Gasteiger partial charge in [-0.2, -0.15) is 0 Å². The fourth-order valence-electron chi connectivity index (χ4n) is 6.44. The first-order chi connectivity index (χ1) is 19.9. The number of aromatic amines is 1. The number of carbonyl (C=O) groups excluding carboxylic acids is 1. The van der Waals surface area contributed by atoms with Gasteiger partial charge in [-0.3, -0.25) is 4.79 Å². The molecule has 3 N–H and O–H groups in total. The Balaban J connectivity index is 1.02. The number of nitrogens with one attached hydrogen (secondary N) is 2. The molecule has 0 unspecified atom stereocenters. The first-order valence-electron chi connectivity index (χ1n) is 14.7. The SMILES string of the molecule is C[C@@H]1CN(CCN2CCC(NC(=O)c3cc4c(OCc5coc6cccc(Cl)c56)cccc4[nH]3)CC2)C[C@H](C)[C@H]1O. The summed E-state index contributed by atoms with van der Waals surface area (Å²) in [6.45, 7) is 10.5. The predicted molar refractivity (Wildman–Crippen MR) is 162 cm³/mol. The maximum absolute atomic E-state index is 13.2. The Hall–Kier alpha value is -3.04. The number of hydrogen-bond acceptors (Lipinski definition) is 6. The van der Waals surface area contributed by atoms with Crippen molar-refractivity contribution in [1.82, 2.24) is 20.1 Å². The van der Waals surface area contributed by atoms with E-state index in [0.29, 0.717) is 34.9 Å². The van der Waals surface area contributed by atoms with E-state index in [9.17, 15) is 9.90 Å². The van der Waals surface area contributed by atoms with Crippen LogP contribution < -0.4 is 10.1 Å². The van der Waals surface area contributed by atoms with Crippen molar-refractivity contribution in [3.05, 3.63) is 65.0 Å². The van der Waals surface area contributed by atoms with Gasteiger partial charge in [-0.05, 0) is 55.0 Å². The van der Waals surface area contributed by atoms with Crippen molar-refractivity contribution < 1.29 is 19.1 Å². The molecular weight excluding hydrogens is 540 g/mol. The highest BCUT2D eigenvalue weighted by atomic mass is 35.5. The molecule has 2 saturated heterocycles. The number of rotatable bonds is 8. The summed E-state index contributed by atoms with van der Waals surface area (Å²) >= 11 is 6.39.